The van der Waals surface area contributed by atoms with Crippen molar-refractivity contribution >= 4 is 57.4 Å². The lowest BCUT2D eigenvalue weighted by Gasteiger charge is -2.14. The van der Waals surface area contributed by atoms with E-state index < -0.39 is 11.9 Å². The highest BCUT2D eigenvalue weighted by Crippen LogP contribution is 2.37. The number of hydrogen-bond acceptors (Lipinski definition) is 6. The van der Waals surface area contributed by atoms with E-state index >= 15 is 0 Å². The van der Waals surface area contributed by atoms with Gasteiger partial charge < -0.3 is 5.32 Å². The van der Waals surface area contributed by atoms with Gasteiger partial charge in [0, 0.05) is 32.9 Å². The second kappa shape index (κ2) is 8.87. The summed E-state index contributed by atoms with van der Waals surface area (Å²) in [4.78, 5) is 41.7. The van der Waals surface area contributed by atoms with Crippen LogP contribution in [-0.2, 0) is 9.59 Å². The molecule has 170 valence electrons. The zero-order valence-electron chi connectivity index (χ0n) is 17.7. The molecule has 1 saturated heterocycles. The lowest BCUT2D eigenvalue weighted by molar-refractivity contribution is -0.122. The second-order valence-corrected chi connectivity index (χ2v) is 9.51. The van der Waals surface area contributed by atoms with Crippen molar-refractivity contribution in [3.8, 4) is 22.4 Å². The number of halogens is 2. The van der Waals surface area contributed by atoms with Crippen molar-refractivity contribution in [1.29, 1.82) is 0 Å². The van der Waals surface area contributed by atoms with Crippen molar-refractivity contribution in [2.45, 2.75) is 13.0 Å². The van der Waals surface area contributed by atoms with Gasteiger partial charge in [-0.1, -0.05) is 65.3 Å². The first-order chi connectivity index (χ1) is 16.3. The van der Waals surface area contributed by atoms with Gasteiger partial charge >= 0.3 is 0 Å². The van der Waals surface area contributed by atoms with E-state index in [0.29, 0.717) is 32.6 Å². The maximum atomic E-state index is 13.1. The van der Waals surface area contributed by atoms with Crippen molar-refractivity contribution in [2.75, 3.05) is 5.75 Å². The molecule has 1 N–H and O–H groups in total. The maximum Gasteiger partial charge on any atom is 0.258 e. The molecule has 1 aliphatic heterocycles. The average Bonchev–Trinajstić information content (AvgIpc) is 3.32. The predicted octanol–water partition coefficient (Wildman–Crippen LogP) is 4.62. The number of benzene rings is 2. The van der Waals surface area contributed by atoms with E-state index in [1.807, 2.05) is 30.3 Å². The van der Waals surface area contributed by atoms with Crippen LogP contribution in [0.5, 0.6) is 0 Å². The Hall–Kier alpha value is -3.20. The number of aryl methyl sites for hydroxylation is 1. The fourth-order valence-corrected chi connectivity index (χ4v) is 5.07. The van der Waals surface area contributed by atoms with E-state index in [1.165, 1.54) is 0 Å². The lowest BCUT2D eigenvalue weighted by Crippen LogP contribution is -2.42. The van der Waals surface area contributed by atoms with E-state index in [-0.39, 0.29) is 22.2 Å². The van der Waals surface area contributed by atoms with E-state index in [9.17, 15) is 14.4 Å². The average molecular weight is 511 g/mol. The molecule has 0 radical (unpaired) electrons. The Morgan fingerprint density at radius 3 is 2.50 bits per heavy atom. The number of hydrogen-bond donors (Lipinski definition) is 1. The standard InChI is InChI=1S/C24H16Cl2N4O3S/c1-12-19(23(32)28-20-18(31)11-34-24(20)33)22-27-10-16(15-4-2-3-5-17(15)26)21(30(22)29-12)13-6-8-14(25)9-7-13/h2-10,20H,11H2,1H3,(H,28,32)/t20-/m0/s1. The second-order valence-electron chi connectivity index (χ2n) is 7.68. The Morgan fingerprint density at radius 1 is 1.09 bits per heavy atom. The van der Waals surface area contributed by atoms with Crippen LogP contribution in [0.1, 0.15) is 16.1 Å². The predicted molar refractivity (Wildman–Crippen MR) is 132 cm³/mol. The number of Topliss-reactive ketones (excluding diaryl/α,β-unsaturated/α-hetero) is 1. The fraction of sp³-hybridized carbons (Fsp3) is 0.125. The Balaban J connectivity index is 1.71. The third-order valence-electron chi connectivity index (χ3n) is 5.52. The van der Waals surface area contributed by atoms with Crippen molar-refractivity contribution in [3.63, 3.8) is 0 Å². The molecule has 2 aromatic heterocycles. The number of carbonyl (C=O) groups is 3. The number of rotatable bonds is 4. The Bertz CT molecular complexity index is 1470. The molecule has 0 bridgehead atoms. The number of ketones is 1. The van der Waals surface area contributed by atoms with Gasteiger partial charge in [-0.15, -0.1) is 0 Å². The van der Waals surface area contributed by atoms with Gasteiger partial charge in [0.1, 0.15) is 5.56 Å². The van der Waals surface area contributed by atoms with Crippen molar-refractivity contribution < 1.29 is 14.4 Å². The summed E-state index contributed by atoms with van der Waals surface area (Å²) in [6.07, 6.45) is 1.64. The third kappa shape index (κ3) is 3.87. The molecule has 0 spiro atoms. The normalized spacial score (nSPS) is 15.8. The van der Waals surface area contributed by atoms with E-state index in [4.69, 9.17) is 23.2 Å². The first-order valence-electron chi connectivity index (χ1n) is 10.2. The van der Waals surface area contributed by atoms with Gasteiger partial charge in [0.2, 0.25) is 5.12 Å². The molecule has 34 heavy (non-hydrogen) atoms. The molecule has 7 nitrogen and oxygen atoms in total. The molecular weight excluding hydrogens is 495 g/mol. The largest absolute Gasteiger partial charge is 0.335 e. The third-order valence-corrected chi connectivity index (χ3v) is 7.05. The summed E-state index contributed by atoms with van der Waals surface area (Å²) in [5, 5.41) is 7.89. The molecule has 0 unspecified atom stereocenters. The molecule has 0 saturated carbocycles. The molecule has 1 fully saturated rings. The summed E-state index contributed by atoms with van der Waals surface area (Å²) in [5.41, 5.74) is 3.82. The van der Waals surface area contributed by atoms with Crippen LogP contribution in [0, 0.1) is 6.92 Å². The molecule has 3 heterocycles. The van der Waals surface area contributed by atoms with Crippen molar-refractivity contribution in [3.05, 3.63) is 76.0 Å². The minimum Gasteiger partial charge on any atom is -0.335 e. The van der Waals surface area contributed by atoms with Crippen LogP contribution >= 0.6 is 35.0 Å². The fourth-order valence-electron chi connectivity index (χ4n) is 3.90. The van der Waals surface area contributed by atoms with Crippen LogP contribution in [0.4, 0.5) is 0 Å². The highest BCUT2D eigenvalue weighted by molar-refractivity contribution is 8.15. The van der Waals surface area contributed by atoms with Crippen LogP contribution in [0.15, 0.2) is 54.7 Å². The maximum absolute atomic E-state index is 13.1. The zero-order valence-corrected chi connectivity index (χ0v) is 20.0. The Kier molecular flexibility index (Phi) is 5.89. The SMILES string of the molecule is Cc1nn2c(-c3ccc(Cl)cc3)c(-c3ccccc3Cl)cnc2c1C(=O)N[C@H]1C(=O)CSC1=O. The highest BCUT2D eigenvalue weighted by atomic mass is 35.5. The van der Waals surface area contributed by atoms with Crippen LogP contribution in [0.2, 0.25) is 10.0 Å². The van der Waals surface area contributed by atoms with Gasteiger partial charge in [-0.25, -0.2) is 9.50 Å². The first-order valence-corrected chi connectivity index (χ1v) is 12.0. The minimum absolute atomic E-state index is 0.0533. The van der Waals surface area contributed by atoms with E-state index in [0.717, 1.165) is 22.9 Å². The van der Waals surface area contributed by atoms with Crippen molar-refractivity contribution in [1.82, 2.24) is 19.9 Å². The van der Waals surface area contributed by atoms with Crippen LogP contribution in [0.3, 0.4) is 0 Å². The monoisotopic (exact) mass is 510 g/mol. The molecule has 1 atom stereocenters. The summed E-state index contributed by atoms with van der Waals surface area (Å²) in [7, 11) is 0. The van der Waals surface area contributed by atoms with Crippen LogP contribution in [-0.4, -0.2) is 43.2 Å². The molecule has 5 rings (SSSR count). The number of nitrogens with one attached hydrogen (secondary N) is 1. The number of nitrogens with zero attached hydrogens (tertiary/aromatic N) is 3. The summed E-state index contributed by atoms with van der Waals surface area (Å²) < 4.78 is 1.58. The molecule has 1 amide bonds. The topological polar surface area (TPSA) is 93.4 Å². The van der Waals surface area contributed by atoms with Gasteiger partial charge in [-0.3, -0.25) is 14.4 Å². The Morgan fingerprint density at radius 2 is 1.82 bits per heavy atom. The molecule has 2 aromatic carbocycles. The highest BCUT2D eigenvalue weighted by Gasteiger charge is 2.36. The minimum atomic E-state index is -1.16. The van der Waals surface area contributed by atoms with Gasteiger partial charge in [0.25, 0.3) is 5.91 Å². The smallest absolute Gasteiger partial charge is 0.258 e. The lowest BCUT2D eigenvalue weighted by atomic mass is 10.0. The molecular formula is C24H16Cl2N4O3S. The number of fused-ring (bicyclic) bond motifs is 1. The van der Waals surface area contributed by atoms with Crippen molar-refractivity contribution in [2.24, 2.45) is 0 Å². The summed E-state index contributed by atoms with van der Waals surface area (Å²) in [6.45, 7) is 1.68. The number of amides is 1. The van der Waals surface area contributed by atoms with Gasteiger partial charge in [0.05, 0.1) is 17.1 Å². The molecule has 0 aliphatic carbocycles. The van der Waals surface area contributed by atoms with Gasteiger partial charge in [0.15, 0.2) is 17.5 Å². The molecule has 4 aromatic rings. The van der Waals surface area contributed by atoms with Gasteiger partial charge in [-0.2, -0.15) is 5.10 Å². The van der Waals surface area contributed by atoms with Gasteiger partial charge in [-0.05, 0) is 25.1 Å². The molecule has 10 heteroatoms. The van der Waals surface area contributed by atoms with E-state index in [1.54, 1.807) is 35.8 Å². The number of aromatic nitrogens is 3. The summed E-state index contributed by atoms with van der Waals surface area (Å²) in [5.74, 6) is -0.854. The zero-order chi connectivity index (χ0) is 24.0. The number of carbonyl (C=O) groups excluding carboxylic acids is 3. The summed E-state index contributed by atoms with van der Waals surface area (Å²) in [6, 6.07) is 13.4. The molecule has 1 aliphatic rings. The summed E-state index contributed by atoms with van der Waals surface area (Å²) >= 11 is 13.5. The van der Waals surface area contributed by atoms with Crippen LogP contribution < -0.4 is 5.32 Å². The Labute approximate surface area is 208 Å². The number of thioether (sulfide) groups is 1. The van der Waals surface area contributed by atoms with Crippen LogP contribution in [0.25, 0.3) is 28.0 Å². The quantitative estimate of drug-likeness (QED) is 0.402. The first kappa shape index (κ1) is 22.6. The van der Waals surface area contributed by atoms with E-state index in [2.05, 4.69) is 15.4 Å².